The van der Waals surface area contributed by atoms with Gasteiger partial charge in [-0.2, -0.15) is 0 Å². The van der Waals surface area contributed by atoms with Gasteiger partial charge in [-0.3, -0.25) is 4.79 Å². The lowest BCUT2D eigenvalue weighted by Gasteiger charge is -2.09. The van der Waals surface area contributed by atoms with Crippen molar-refractivity contribution < 1.29 is 0 Å². The molecular weight excluding hydrogens is 262 g/mol. The molecule has 0 aliphatic rings. The lowest BCUT2D eigenvalue weighted by Crippen LogP contribution is -2.08. The van der Waals surface area contributed by atoms with Crippen LogP contribution in [0.1, 0.15) is 17.1 Å². The van der Waals surface area contributed by atoms with Crippen molar-refractivity contribution in [1.82, 2.24) is 19.9 Å². The average Bonchev–Trinajstić information content (AvgIpc) is 2.32. The molecule has 0 saturated carbocycles. The molecular formula is C12H15N5OS. The van der Waals surface area contributed by atoms with Gasteiger partial charge < -0.3 is 10.3 Å². The fraction of sp³-hybridized carbons (Fsp3) is 0.333. The topological polar surface area (TPSA) is 83.6 Å². The standard InChI is InChI=1S/C12H15N5OS/c1-6-5-9(18)17-12(14-6)19-11-7(2)10(13-4)15-8(3)16-11/h5H,1-4H3,(H,13,15,16)(H,14,17,18). The van der Waals surface area contributed by atoms with Crippen molar-refractivity contribution in [3.8, 4) is 0 Å². The lowest BCUT2D eigenvalue weighted by molar-refractivity contribution is 0.890. The van der Waals surface area contributed by atoms with Crippen LogP contribution >= 0.6 is 11.8 Å². The molecule has 2 aromatic rings. The molecule has 0 aliphatic carbocycles. The van der Waals surface area contributed by atoms with E-state index in [2.05, 4.69) is 25.3 Å². The number of hydrogen-bond acceptors (Lipinski definition) is 6. The van der Waals surface area contributed by atoms with Gasteiger partial charge in [0, 0.05) is 24.4 Å². The summed E-state index contributed by atoms with van der Waals surface area (Å²) in [5.41, 5.74) is 1.46. The van der Waals surface area contributed by atoms with Crippen LogP contribution in [0, 0.1) is 20.8 Å². The van der Waals surface area contributed by atoms with Crippen LogP contribution in [0.15, 0.2) is 21.0 Å². The van der Waals surface area contributed by atoms with Crippen molar-refractivity contribution in [3.63, 3.8) is 0 Å². The molecule has 0 spiro atoms. The first-order valence-corrected chi connectivity index (χ1v) is 6.60. The number of nitrogens with one attached hydrogen (secondary N) is 2. The summed E-state index contributed by atoms with van der Waals surface area (Å²) in [6, 6.07) is 1.46. The summed E-state index contributed by atoms with van der Waals surface area (Å²) in [5.74, 6) is 1.46. The Morgan fingerprint density at radius 3 is 2.58 bits per heavy atom. The minimum atomic E-state index is -0.160. The number of H-pyrrole nitrogens is 1. The highest BCUT2D eigenvalue weighted by Crippen LogP contribution is 2.28. The smallest absolute Gasteiger partial charge is 0.251 e. The van der Waals surface area contributed by atoms with E-state index in [1.165, 1.54) is 17.8 Å². The predicted octanol–water partition coefficient (Wildman–Crippen LogP) is 1.68. The van der Waals surface area contributed by atoms with Crippen LogP contribution in [-0.2, 0) is 0 Å². The molecule has 0 fully saturated rings. The van der Waals surface area contributed by atoms with Gasteiger partial charge in [0.05, 0.1) is 0 Å². The second-order valence-corrected chi connectivity index (χ2v) is 5.07. The maximum absolute atomic E-state index is 11.4. The summed E-state index contributed by atoms with van der Waals surface area (Å²) >= 11 is 1.33. The van der Waals surface area contributed by atoms with Gasteiger partial charge in [-0.25, -0.2) is 15.0 Å². The minimum absolute atomic E-state index is 0.160. The molecule has 2 N–H and O–H groups in total. The molecule has 2 heterocycles. The number of rotatable bonds is 3. The first-order chi connectivity index (χ1) is 8.99. The highest BCUT2D eigenvalue weighted by Gasteiger charge is 2.11. The maximum Gasteiger partial charge on any atom is 0.251 e. The highest BCUT2D eigenvalue weighted by atomic mass is 32.2. The van der Waals surface area contributed by atoms with Crippen molar-refractivity contribution >= 4 is 17.6 Å². The third-order valence-electron chi connectivity index (χ3n) is 2.49. The minimum Gasteiger partial charge on any atom is -0.373 e. The number of anilines is 1. The zero-order chi connectivity index (χ0) is 14.0. The number of hydrogen-bond donors (Lipinski definition) is 2. The predicted molar refractivity (Wildman–Crippen MR) is 74.8 cm³/mol. The molecule has 19 heavy (non-hydrogen) atoms. The van der Waals surface area contributed by atoms with Crippen LogP contribution < -0.4 is 10.9 Å². The van der Waals surface area contributed by atoms with Gasteiger partial charge >= 0.3 is 0 Å². The van der Waals surface area contributed by atoms with E-state index in [1.54, 1.807) is 6.92 Å². The first kappa shape index (κ1) is 13.5. The molecule has 0 aromatic carbocycles. The SMILES string of the molecule is CNc1nc(C)nc(Sc2nc(C)cc(=O)[nH]2)c1C. The Hall–Kier alpha value is -1.89. The molecule has 0 unspecified atom stereocenters. The molecule has 2 rings (SSSR count). The quantitative estimate of drug-likeness (QED) is 0.656. The van der Waals surface area contributed by atoms with E-state index in [4.69, 9.17) is 0 Å². The molecule has 2 aromatic heterocycles. The zero-order valence-electron chi connectivity index (χ0n) is 11.2. The van der Waals surface area contributed by atoms with Gasteiger partial charge in [-0.05, 0) is 32.5 Å². The molecule has 6 nitrogen and oxygen atoms in total. The van der Waals surface area contributed by atoms with Gasteiger partial charge in [0.1, 0.15) is 16.7 Å². The molecule has 100 valence electrons. The van der Waals surface area contributed by atoms with Gasteiger partial charge in [0.15, 0.2) is 5.16 Å². The molecule has 7 heteroatoms. The van der Waals surface area contributed by atoms with Crippen molar-refractivity contribution in [2.24, 2.45) is 0 Å². The van der Waals surface area contributed by atoms with Crippen molar-refractivity contribution in [3.05, 3.63) is 33.5 Å². The van der Waals surface area contributed by atoms with Gasteiger partial charge in [0.2, 0.25) is 0 Å². The second-order valence-electron chi connectivity index (χ2n) is 4.09. The summed E-state index contributed by atoms with van der Waals surface area (Å²) in [6.07, 6.45) is 0. The van der Waals surface area contributed by atoms with Crippen molar-refractivity contribution in [1.29, 1.82) is 0 Å². The first-order valence-electron chi connectivity index (χ1n) is 5.78. The normalized spacial score (nSPS) is 10.5. The number of aromatic amines is 1. The van der Waals surface area contributed by atoms with E-state index in [1.807, 2.05) is 20.9 Å². The Morgan fingerprint density at radius 2 is 1.95 bits per heavy atom. The Bertz CT molecular complexity index is 668. The zero-order valence-corrected chi connectivity index (χ0v) is 12.1. The monoisotopic (exact) mass is 277 g/mol. The third kappa shape index (κ3) is 3.11. The second kappa shape index (κ2) is 5.40. The summed E-state index contributed by atoms with van der Waals surface area (Å²) in [7, 11) is 1.82. The van der Waals surface area contributed by atoms with E-state index in [9.17, 15) is 4.79 Å². The van der Waals surface area contributed by atoms with E-state index in [0.29, 0.717) is 16.7 Å². The Kier molecular flexibility index (Phi) is 3.84. The van der Waals surface area contributed by atoms with Gasteiger partial charge in [-0.1, -0.05) is 0 Å². The summed E-state index contributed by atoms with van der Waals surface area (Å²) in [4.78, 5) is 27.1. The largest absolute Gasteiger partial charge is 0.373 e. The summed E-state index contributed by atoms with van der Waals surface area (Å²) in [5, 5.41) is 4.35. The van der Waals surface area contributed by atoms with Crippen LogP contribution in [0.4, 0.5) is 5.82 Å². The van der Waals surface area contributed by atoms with Gasteiger partial charge in [0.25, 0.3) is 5.56 Å². The Labute approximate surface area is 115 Å². The molecule has 0 radical (unpaired) electrons. The van der Waals surface area contributed by atoms with Crippen LogP contribution in [0.3, 0.4) is 0 Å². The van der Waals surface area contributed by atoms with Crippen LogP contribution in [0.5, 0.6) is 0 Å². The van der Waals surface area contributed by atoms with E-state index >= 15 is 0 Å². The van der Waals surface area contributed by atoms with Crippen LogP contribution in [-0.4, -0.2) is 27.0 Å². The van der Waals surface area contributed by atoms with Crippen LogP contribution in [0.25, 0.3) is 0 Å². The molecule has 0 atom stereocenters. The molecule has 0 saturated heterocycles. The van der Waals surface area contributed by atoms with Crippen molar-refractivity contribution in [2.75, 3.05) is 12.4 Å². The third-order valence-corrected chi connectivity index (χ3v) is 3.47. The van der Waals surface area contributed by atoms with E-state index in [-0.39, 0.29) is 5.56 Å². The molecule has 0 aliphatic heterocycles. The summed E-state index contributed by atoms with van der Waals surface area (Å²) < 4.78 is 0. The number of nitrogens with zero attached hydrogens (tertiary/aromatic N) is 3. The fourth-order valence-electron chi connectivity index (χ4n) is 1.64. The molecule has 0 bridgehead atoms. The van der Waals surface area contributed by atoms with Gasteiger partial charge in [-0.15, -0.1) is 0 Å². The Balaban J connectivity index is 2.43. The number of aromatic nitrogens is 4. The van der Waals surface area contributed by atoms with Crippen molar-refractivity contribution in [2.45, 2.75) is 31.0 Å². The molecule has 0 amide bonds. The average molecular weight is 277 g/mol. The highest BCUT2D eigenvalue weighted by molar-refractivity contribution is 7.99. The Morgan fingerprint density at radius 1 is 1.21 bits per heavy atom. The lowest BCUT2D eigenvalue weighted by atomic mass is 10.3. The van der Waals surface area contributed by atoms with E-state index < -0.39 is 0 Å². The van der Waals surface area contributed by atoms with E-state index in [0.717, 1.165) is 16.4 Å². The number of aryl methyl sites for hydroxylation is 2. The fourth-order valence-corrected chi connectivity index (χ4v) is 2.59. The van der Waals surface area contributed by atoms with Crippen LogP contribution in [0.2, 0.25) is 0 Å². The summed E-state index contributed by atoms with van der Waals surface area (Å²) in [6.45, 7) is 5.55. The maximum atomic E-state index is 11.4.